The van der Waals surface area contributed by atoms with Crippen LogP contribution < -0.4 is 0 Å². The molecule has 2 atom stereocenters. The van der Waals surface area contributed by atoms with E-state index in [-0.39, 0.29) is 11.9 Å². The topological polar surface area (TPSA) is 63.5 Å². The number of pyridine rings is 1. The summed E-state index contributed by atoms with van der Waals surface area (Å²) in [5.41, 5.74) is 2.05. The van der Waals surface area contributed by atoms with Crippen molar-refractivity contribution in [2.45, 2.75) is 32.5 Å². The first-order valence-corrected chi connectivity index (χ1v) is 9.72. The highest BCUT2D eigenvalue weighted by molar-refractivity contribution is 5.79. The summed E-state index contributed by atoms with van der Waals surface area (Å²) in [5, 5.41) is 4.61. The smallest absolute Gasteiger partial charge is 0.227 e. The van der Waals surface area contributed by atoms with Crippen LogP contribution in [0, 0.1) is 5.92 Å². The number of carbonyl (C=O) groups excluding carboxylic acids is 1. The minimum absolute atomic E-state index is 0.0925. The van der Waals surface area contributed by atoms with E-state index >= 15 is 0 Å². The monoisotopic (exact) mass is 369 g/mol. The van der Waals surface area contributed by atoms with Gasteiger partial charge in [0, 0.05) is 57.2 Å². The van der Waals surface area contributed by atoms with Crippen LogP contribution in [-0.2, 0) is 29.0 Å². The molecule has 144 valence electrons. The lowest BCUT2D eigenvalue weighted by Gasteiger charge is -2.31. The van der Waals surface area contributed by atoms with E-state index in [9.17, 15) is 4.79 Å². The minimum atomic E-state index is 0.0925. The lowest BCUT2D eigenvalue weighted by Crippen LogP contribution is -2.47. The van der Waals surface area contributed by atoms with Crippen molar-refractivity contribution >= 4 is 5.91 Å². The third-order valence-electron chi connectivity index (χ3n) is 5.35. The molecule has 2 saturated heterocycles. The molecule has 2 aliphatic heterocycles. The third-order valence-corrected chi connectivity index (χ3v) is 5.35. The molecule has 4 heterocycles. The van der Waals surface area contributed by atoms with Crippen molar-refractivity contribution in [2.75, 3.05) is 32.8 Å². The molecule has 1 amide bonds. The molecule has 0 spiro atoms. The summed E-state index contributed by atoms with van der Waals surface area (Å²) < 4.78 is 7.82. The maximum absolute atomic E-state index is 13.0. The number of hydrogen-bond donors (Lipinski definition) is 0. The van der Waals surface area contributed by atoms with E-state index in [1.165, 1.54) is 0 Å². The lowest BCUT2D eigenvalue weighted by molar-refractivity contribution is -0.133. The number of ether oxygens (including phenoxy) is 1. The highest BCUT2D eigenvalue weighted by atomic mass is 16.5. The molecule has 0 saturated carbocycles. The zero-order valence-corrected chi connectivity index (χ0v) is 15.8. The molecule has 7 nitrogen and oxygen atoms in total. The fraction of sp³-hybridized carbons (Fsp3) is 0.550. The summed E-state index contributed by atoms with van der Waals surface area (Å²) in [5.74, 6) is 0.504. The first-order chi connectivity index (χ1) is 13.2. The molecule has 2 aliphatic rings. The Kier molecular flexibility index (Phi) is 5.50. The van der Waals surface area contributed by atoms with Gasteiger partial charge in [0.1, 0.15) is 0 Å². The second kappa shape index (κ2) is 8.19. The standard InChI is InChI=1S/C20H27N5O2/c1-2-24-7-5-18(22-24)12-23-10-17-11-25(19(13-23)15-27-14-17)20(26)8-16-4-3-6-21-9-16/h3-7,9,17,19H,2,8,10-15H2,1H3/t17-,19-/m0/s1. The molecule has 2 aromatic heterocycles. The fourth-order valence-electron chi connectivity index (χ4n) is 4.05. The van der Waals surface area contributed by atoms with E-state index in [1.54, 1.807) is 12.4 Å². The summed E-state index contributed by atoms with van der Waals surface area (Å²) in [7, 11) is 0. The maximum Gasteiger partial charge on any atom is 0.227 e. The molecule has 2 aromatic rings. The average molecular weight is 369 g/mol. The molecular formula is C20H27N5O2. The zero-order valence-electron chi connectivity index (χ0n) is 15.8. The van der Waals surface area contributed by atoms with Gasteiger partial charge >= 0.3 is 0 Å². The van der Waals surface area contributed by atoms with Crippen molar-refractivity contribution in [3.63, 3.8) is 0 Å². The Bertz CT molecular complexity index is 763. The van der Waals surface area contributed by atoms with Gasteiger partial charge in [-0.25, -0.2) is 0 Å². The largest absolute Gasteiger partial charge is 0.379 e. The Morgan fingerprint density at radius 3 is 2.96 bits per heavy atom. The third kappa shape index (κ3) is 4.36. The van der Waals surface area contributed by atoms with Crippen molar-refractivity contribution in [1.29, 1.82) is 0 Å². The molecule has 0 radical (unpaired) electrons. The summed E-state index contributed by atoms with van der Waals surface area (Å²) in [6.45, 7) is 7.66. The molecule has 4 rings (SSSR count). The van der Waals surface area contributed by atoms with Gasteiger partial charge in [-0.05, 0) is 24.6 Å². The lowest BCUT2D eigenvalue weighted by atomic mass is 10.1. The SMILES string of the molecule is CCn1ccc(CN2C[C@@H]3COC[C@H](C2)N(C(=O)Cc2cccnc2)C3)n1. The van der Waals surface area contributed by atoms with Gasteiger partial charge < -0.3 is 9.64 Å². The van der Waals surface area contributed by atoms with Crippen molar-refractivity contribution < 1.29 is 9.53 Å². The molecule has 0 unspecified atom stereocenters. The summed E-state index contributed by atoms with van der Waals surface area (Å²) >= 11 is 0. The fourth-order valence-corrected chi connectivity index (χ4v) is 4.05. The van der Waals surface area contributed by atoms with Gasteiger partial charge in [-0.2, -0.15) is 5.10 Å². The van der Waals surface area contributed by atoms with Crippen molar-refractivity contribution in [1.82, 2.24) is 24.6 Å². The number of hydrogen-bond acceptors (Lipinski definition) is 5. The molecule has 2 fully saturated rings. The first-order valence-electron chi connectivity index (χ1n) is 9.72. The van der Waals surface area contributed by atoms with Gasteiger partial charge in [0.25, 0.3) is 0 Å². The van der Waals surface area contributed by atoms with Gasteiger partial charge in [0.15, 0.2) is 0 Å². The van der Waals surface area contributed by atoms with E-state index in [0.717, 1.165) is 44.0 Å². The van der Waals surface area contributed by atoms with Gasteiger partial charge in [0.2, 0.25) is 5.91 Å². The summed E-state index contributed by atoms with van der Waals surface area (Å²) in [6.07, 6.45) is 5.94. The van der Waals surface area contributed by atoms with Crippen LogP contribution in [0.1, 0.15) is 18.2 Å². The molecule has 7 heteroatoms. The summed E-state index contributed by atoms with van der Waals surface area (Å²) in [4.78, 5) is 21.6. The maximum atomic E-state index is 13.0. The number of aryl methyl sites for hydroxylation is 1. The van der Waals surface area contributed by atoms with E-state index in [4.69, 9.17) is 4.74 Å². The average Bonchev–Trinajstić information content (AvgIpc) is 2.92. The molecule has 27 heavy (non-hydrogen) atoms. The second-order valence-corrected chi connectivity index (χ2v) is 7.50. The van der Waals surface area contributed by atoms with Gasteiger partial charge in [-0.1, -0.05) is 6.07 Å². The second-order valence-electron chi connectivity index (χ2n) is 7.50. The highest BCUT2D eigenvalue weighted by Crippen LogP contribution is 2.22. The van der Waals surface area contributed by atoms with Crippen LogP contribution in [0.15, 0.2) is 36.8 Å². The van der Waals surface area contributed by atoms with Crippen LogP contribution in [0.3, 0.4) is 0 Å². The molecular weight excluding hydrogens is 342 g/mol. The zero-order chi connectivity index (χ0) is 18.6. The van der Waals surface area contributed by atoms with Gasteiger partial charge in [-0.15, -0.1) is 0 Å². The number of carbonyl (C=O) groups is 1. The number of fused-ring (bicyclic) bond motifs is 3. The predicted octanol–water partition coefficient (Wildman–Crippen LogP) is 1.20. The Hall–Kier alpha value is -2.25. The van der Waals surface area contributed by atoms with E-state index < -0.39 is 0 Å². The predicted molar refractivity (Wildman–Crippen MR) is 101 cm³/mol. The van der Waals surface area contributed by atoms with Gasteiger partial charge in [0.05, 0.1) is 31.4 Å². The number of aromatic nitrogens is 3. The quantitative estimate of drug-likeness (QED) is 0.793. The number of amides is 1. The van der Waals surface area contributed by atoms with Crippen LogP contribution in [0.2, 0.25) is 0 Å². The van der Waals surface area contributed by atoms with E-state index in [0.29, 0.717) is 25.6 Å². The molecule has 0 N–H and O–H groups in total. The van der Waals surface area contributed by atoms with Gasteiger partial charge in [-0.3, -0.25) is 19.4 Å². The van der Waals surface area contributed by atoms with Crippen molar-refractivity contribution in [2.24, 2.45) is 5.92 Å². The van der Waals surface area contributed by atoms with Crippen LogP contribution in [0.4, 0.5) is 0 Å². The Morgan fingerprint density at radius 1 is 1.26 bits per heavy atom. The Balaban J connectivity index is 1.45. The van der Waals surface area contributed by atoms with E-state index in [2.05, 4.69) is 28.0 Å². The Morgan fingerprint density at radius 2 is 2.19 bits per heavy atom. The molecule has 2 bridgehead atoms. The normalized spacial score (nSPS) is 23.2. The van der Waals surface area contributed by atoms with Crippen LogP contribution in [0.25, 0.3) is 0 Å². The van der Waals surface area contributed by atoms with Crippen molar-refractivity contribution in [3.8, 4) is 0 Å². The summed E-state index contributed by atoms with van der Waals surface area (Å²) in [6, 6.07) is 6.02. The molecule has 0 aromatic carbocycles. The minimum Gasteiger partial charge on any atom is -0.379 e. The van der Waals surface area contributed by atoms with Crippen LogP contribution in [-0.4, -0.2) is 69.4 Å². The number of nitrogens with zero attached hydrogens (tertiary/aromatic N) is 5. The number of rotatable bonds is 5. The van der Waals surface area contributed by atoms with Crippen LogP contribution in [0.5, 0.6) is 0 Å². The Labute approximate surface area is 159 Å². The van der Waals surface area contributed by atoms with Crippen molar-refractivity contribution in [3.05, 3.63) is 48.0 Å². The first kappa shape index (κ1) is 18.1. The molecule has 0 aliphatic carbocycles. The highest BCUT2D eigenvalue weighted by Gasteiger charge is 2.35. The van der Waals surface area contributed by atoms with Crippen LogP contribution >= 0.6 is 0 Å². The van der Waals surface area contributed by atoms with E-state index in [1.807, 2.05) is 27.9 Å².